The van der Waals surface area contributed by atoms with E-state index in [4.69, 9.17) is 22.7 Å². The number of anilines is 2. The number of carbonyl (C=O) groups excluding carboxylic acids is 4. The molecule has 0 saturated carbocycles. The molecule has 48 heavy (non-hydrogen) atoms. The van der Waals surface area contributed by atoms with Gasteiger partial charge in [0, 0.05) is 66.1 Å². The molecule has 6 rings (SSSR count). The molecule has 2 aromatic heterocycles. The van der Waals surface area contributed by atoms with Gasteiger partial charge in [-0.3, -0.25) is 9.13 Å². The number of halogens is 2. The lowest BCUT2D eigenvalue weighted by molar-refractivity contribution is 0.204. The van der Waals surface area contributed by atoms with Crippen LogP contribution in [0, 0.1) is 0 Å². The van der Waals surface area contributed by atoms with Gasteiger partial charge in [0.1, 0.15) is 12.3 Å². The molecule has 18 heteroatoms. The average Bonchev–Trinajstić information content (AvgIpc) is 3.83. The SMILES string of the molecule is NC[C@@H]1C[C@@H](F)CN1C(=O)Nc1cn(C(N)=O)c2ccccc12.[N-]=[N+]=NC[C@@H]1C[C@@H](F)CN1C(=O)Nc1cn(C(N)=O)c2ccccc12. The highest BCUT2D eigenvalue weighted by atomic mass is 19.1. The lowest BCUT2D eigenvalue weighted by atomic mass is 10.2. The number of hydrogen-bond donors (Lipinski definition) is 5. The van der Waals surface area contributed by atoms with Crippen molar-refractivity contribution < 1.29 is 28.0 Å². The highest BCUT2D eigenvalue weighted by Gasteiger charge is 2.36. The van der Waals surface area contributed by atoms with E-state index in [-0.39, 0.29) is 45.1 Å². The number of aromatic nitrogens is 2. The van der Waals surface area contributed by atoms with Gasteiger partial charge in [0.15, 0.2) is 0 Å². The van der Waals surface area contributed by atoms with Crippen molar-refractivity contribution in [2.45, 2.75) is 37.3 Å². The highest BCUT2D eigenvalue weighted by Crippen LogP contribution is 2.29. The first kappa shape index (κ1) is 33.5. The van der Waals surface area contributed by atoms with E-state index in [1.807, 2.05) is 0 Å². The van der Waals surface area contributed by atoms with Crippen molar-refractivity contribution >= 4 is 57.3 Å². The normalized spacial score (nSPS) is 20.2. The Kier molecular flexibility index (Phi) is 9.96. The van der Waals surface area contributed by atoms with Crippen molar-refractivity contribution in [1.82, 2.24) is 18.9 Å². The van der Waals surface area contributed by atoms with Crippen LogP contribution in [0.5, 0.6) is 0 Å². The molecule has 4 aromatic rings. The van der Waals surface area contributed by atoms with Gasteiger partial charge in [-0.25, -0.2) is 28.0 Å². The average molecular weight is 665 g/mol. The number of para-hydroxylation sites is 2. The van der Waals surface area contributed by atoms with Gasteiger partial charge in [-0.15, -0.1) is 0 Å². The number of nitrogens with one attached hydrogen (secondary N) is 2. The molecule has 4 heterocycles. The molecule has 2 saturated heterocycles. The lowest BCUT2D eigenvalue weighted by Gasteiger charge is -2.23. The zero-order chi connectivity index (χ0) is 34.5. The third-order valence-electron chi connectivity index (χ3n) is 8.26. The molecule has 2 fully saturated rings. The number of likely N-dealkylation sites (tertiary alicyclic amines) is 2. The summed E-state index contributed by atoms with van der Waals surface area (Å²) in [5, 5.41) is 10.2. The predicted molar refractivity (Wildman–Crippen MR) is 175 cm³/mol. The smallest absolute Gasteiger partial charge is 0.323 e. The van der Waals surface area contributed by atoms with Crippen LogP contribution in [0.1, 0.15) is 12.8 Å². The Balaban J connectivity index is 0.000000188. The first-order valence-electron chi connectivity index (χ1n) is 15.0. The van der Waals surface area contributed by atoms with Crippen LogP contribution in [0.2, 0.25) is 0 Å². The number of nitrogens with two attached hydrogens (primary N) is 3. The molecule has 2 aliphatic heterocycles. The summed E-state index contributed by atoms with van der Waals surface area (Å²) in [6, 6.07) is 10.9. The third kappa shape index (κ3) is 6.93. The zero-order valence-electron chi connectivity index (χ0n) is 25.6. The number of primary amides is 2. The topological polar surface area (TPSA) is 236 Å². The van der Waals surface area contributed by atoms with Crippen molar-refractivity contribution in [3.05, 3.63) is 71.4 Å². The quantitative estimate of drug-likeness (QED) is 0.119. The Hall–Kier alpha value is -5.87. The number of benzene rings is 2. The molecular weight excluding hydrogens is 630 g/mol. The molecule has 0 bridgehead atoms. The molecule has 6 amide bonds. The largest absolute Gasteiger partial charge is 0.351 e. The van der Waals surface area contributed by atoms with Gasteiger partial charge in [0.25, 0.3) is 0 Å². The Morgan fingerprint density at radius 1 is 0.792 bits per heavy atom. The molecule has 2 aliphatic rings. The lowest BCUT2D eigenvalue weighted by Crippen LogP contribution is -2.42. The van der Waals surface area contributed by atoms with Crippen LogP contribution < -0.4 is 27.8 Å². The van der Waals surface area contributed by atoms with Crippen molar-refractivity contribution in [2.24, 2.45) is 22.3 Å². The molecule has 16 nitrogen and oxygen atoms in total. The number of urea groups is 2. The van der Waals surface area contributed by atoms with Crippen molar-refractivity contribution in [3.8, 4) is 0 Å². The maximum absolute atomic E-state index is 13.7. The van der Waals surface area contributed by atoms with Crippen LogP contribution in [-0.4, -0.2) is 93.7 Å². The predicted octanol–water partition coefficient (Wildman–Crippen LogP) is 4.29. The fraction of sp³-hybridized carbons (Fsp3) is 0.333. The van der Waals surface area contributed by atoms with E-state index >= 15 is 0 Å². The maximum atomic E-state index is 13.7. The molecule has 8 N–H and O–H groups in total. The molecule has 0 unspecified atom stereocenters. The number of alkyl halides is 2. The van der Waals surface area contributed by atoms with E-state index in [1.165, 1.54) is 31.3 Å². The second kappa shape index (κ2) is 14.3. The fourth-order valence-corrected chi connectivity index (χ4v) is 6.04. The molecule has 0 aliphatic carbocycles. The molecule has 4 atom stereocenters. The van der Waals surface area contributed by atoms with Crippen molar-refractivity contribution in [1.29, 1.82) is 0 Å². The zero-order valence-corrected chi connectivity index (χ0v) is 25.6. The van der Waals surface area contributed by atoms with Crippen molar-refractivity contribution in [2.75, 3.05) is 36.8 Å². The highest BCUT2D eigenvalue weighted by molar-refractivity contribution is 6.05. The fourth-order valence-electron chi connectivity index (χ4n) is 6.04. The first-order valence-corrected chi connectivity index (χ1v) is 15.0. The van der Waals surface area contributed by atoms with Crippen LogP contribution in [0.15, 0.2) is 66.0 Å². The molecule has 2 aromatic carbocycles. The first-order chi connectivity index (χ1) is 23.0. The number of carbonyl (C=O) groups is 4. The van der Waals surface area contributed by atoms with E-state index in [9.17, 15) is 28.0 Å². The van der Waals surface area contributed by atoms with Gasteiger partial charge in [-0.2, -0.15) is 0 Å². The number of fused-ring (bicyclic) bond motifs is 2. The van der Waals surface area contributed by atoms with Crippen LogP contribution >= 0.6 is 0 Å². The molecule has 0 spiro atoms. The summed E-state index contributed by atoms with van der Waals surface area (Å²) in [6.07, 6.45) is 1.02. The minimum absolute atomic E-state index is 0.00733. The van der Waals surface area contributed by atoms with Gasteiger partial charge in [0.2, 0.25) is 0 Å². The summed E-state index contributed by atoms with van der Waals surface area (Å²) >= 11 is 0. The minimum atomic E-state index is -1.17. The van der Waals surface area contributed by atoms with E-state index in [0.717, 1.165) is 0 Å². The van der Waals surface area contributed by atoms with Crippen LogP contribution in [0.3, 0.4) is 0 Å². The summed E-state index contributed by atoms with van der Waals surface area (Å²) in [7, 11) is 0. The van der Waals surface area contributed by atoms with Gasteiger partial charge in [0.05, 0.1) is 35.5 Å². The summed E-state index contributed by atoms with van der Waals surface area (Å²) in [5.74, 6) is 0. The second-order valence-electron chi connectivity index (χ2n) is 11.3. The Morgan fingerprint density at radius 2 is 1.23 bits per heavy atom. The monoisotopic (exact) mass is 664 g/mol. The van der Waals surface area contributed by atoms with E-state index in [0.29, 0.717) is 33.2 Å². The van der Waals surface area contributed by atoms with Gasteiger partial charge < -0.3 is 37.6 Å². The molecule has 0 radical (unpaired) electrons. The summed E-state index contributed by atoms with van der Waals surface area (Å²) in [6.45, 7) is 0.151. The standard InChI is InChI=1S/C15H16FN7O2.C15H18FN5O2/c16-9-5-10(6-19-21-18)22(7-9)15(25)20-12-8-23(14(17)24)13-4-2-1-3-11(12)13;16-9-5-10(6-17)20(7-9)15(23)19-12-8-21(14(18)22)13-4-2-1-3-11(12)13/h1-4,8-10H,5-7H2,(H2,17,24)(H,20,25);1-4,8-10H,5-7,17H2,(H2,18,22)(H,19,23)/t2*9-,10+/m11/s1. The van der Waals surface area contributed by atoms with E-state index < -0.39 is 42.5 Å². The second-order valence-corrected chi connectivity index (χ2v) is 11.3. The number of nitrogens with zero attached hydrogens (tertiary/aromatic N) is 7. The number of amides is 6. The molecule has 252 valence electrons. The van der Waals surface area contributed by atoms with Crippen molar-refractivity contribution in [3.63, 3.8) is 0 Å². The maximum Gasteiger partial charge on any atom is 0.323 e. The number of rotatable bonds is 5. The summed E-state index contributed by atoms with van der Waals surface area (Å²) in [4.78, 5) is 53.4. The minimum Gasteiger partial charge on any atom is -0.351 e. The van der Waals surface area contributed by atoms with Gasteiger partial charge >= 0.3 is 24.1 Å². The van der Waals surface area contributed by atoms with Crippen LogP contribution in [0.4, 0.5) is 39.3 Å². The van der Waals surface area contributed by atoms with E-state index in [1.54, 1.807) is 48.5 Å². The number of hydrogen-bond acceptors (Lipinski definition) is 6. The third-order valence-corrected chi connectivity index (χ3v) is 8.26. The van der Waals surface area contributed by atoms with Gasteiger partial charge in [-0.1, -0.05) is 41.5 Å². The summed E-state index contributed by atoms with van der Waals surface area (Å²) < 4.78 is 29.7. The number of azide groups is 1. The Morgan fingerprint density at radius 3 is 1.67 bits per heavy atom. The Bertz CT molecular complexity index is 1900. The summed E-state index contributed by atoms with van der Waals surface area (Å²) in [5.41, 5.74) is 26.7. The van der Waals surface area contributed by atoms with Crippen LogP contribution in [0.25, 0.3) is 32.2 Å². The Labute approximate surface area is 272 Å². The van der Waals surface area contributed by atoms with Crippen LogP contribution in [-0.2, 0) is 0 Å². The molecular formula is C30H34F2N12O4. The van der Waals surface area contributed by atoms with E-state index in [2.05, 4.69) is 20.7 Å². The van der Waals surface area contributed by atoms with Gasteiger partial charge in [-0.05, 0) is 17.7 Å².